The summed E-state index contributed by atoms with van der Waals surface area (Å²) in [6.45, 7) is 0. The Labute approximate surface area is 103 Å². The number of nitrogens with one attached hydrogen (secondary N) is 1. The number of rotatable bonds is 4. The van der Waals surface area contributed by atoms with Crippen molar-refractivity contribution in [1.29, 1.82) is 0 Å². The van der Waals surface area contributed by atoms with Crippen molar-refractivity contribution in [2.45, 2.75) is 6.42 Å². The van der Waals surface area contributed by atoms with Crippen LogP contribution in [-0.4, -0.2) is 24.9 Å². The van der Waals surface area contributed by atoms with Gasteiger partial charge in [0.15, 0.2) is 0 Å². The molecule has 0 radical (unpaired) electrons. The number of esters is 1. The van der Waals surface area contributed by atoms with Crippen LogP contribution >= 0.6 is 11.6 Å². The van der Waals surface area contributed by atoms with Gasteiger partial charge in [0.25, 0.3) is 0 Å². The Morgan fingerprint density at radius 1 is 1.47 bits per heavy atom. The van der Waals surface area contributed by atoms with Crippen molar-refractivity contribution in [3.63, 3.8) is 0 Å². The van der Waals surface area contributed by atoms with E-state index in [1.165, 1.54) is 19.2 Å². The normalized spacial score (nSPS) is 9.82. The minimum absolute atomic E-state index is 0.147. The second-order valence-corrected chi connectivity index (χ2v) is 3.51. The molecule has 6 heteroatoms. The molecule has 0 aromatic heterocycles. The number of carbonyl (C=O) groups excluding carboxylic acids is 2. The van der Waals surface area contributed by atoms with Crippen molar-refractivity contribution < 1.29 is 18.7 Å². The van der Waals surface area contributed by atoms with E-state index in [0.717, 1.165) is 6.07 Å². The lowest BCUT2D eigenvalue weighted by molar-refractivity contribution is -0.139. The zero-order valence-corrected chi connectivity index (χ0v) is 9.88. The Balaban J connectivity index is 2.79. The molecule has 4 nitrogen and oxygen atoms in total. The highest BCUT2D eigenvalue weighted by molar-refractivity contribution is 6.29. The topological polar surface area (TPSA) is 55.4 Å². The molecule has 1 aromatic rings. The van der Waals surface area contributed by atoms with Crippen LogP contribution in [0, 0.1) is 5.82 Å². The molecule has 92 valence electrons. The molecule has 0 aliphatic rings. The molecule has 0 saturated carbocycles. The fourth-order valence-electron chi connectivity index (χ4n) is 1.19. The monoisotopic (exact) mass is 259 g/mol. The summed E-state index contributed by atoms with van der Waals surface area (Å²) in [5.41, 5.74) is 0.502. The van der Waals surface area contributed by atoms with Crippen LogP contribution in [0.15, 0.2) is 18.2 Å². The summed E-state index contributed by atoms with van der Waals surface area (Å²) in [5.74, 6) is -1.73. The van der Waals surface area contributed by atoms with Gasteiger partial charge in [0.2, 0.25) is 5.91 Å². The van der Waals surface area contributed by atoms with E-state index in [0.29, 0.717) is 5.69 Å². The summed E-state index contributed by atoms with van der Waals surface area (Å²) < 4.78 is 17.9. The van der Waals surface area contributed by atoms with E-state index in [1.54, 1.807) is 0 Å². The maximum atomic E-state index is 13.5. The molecule has 0 bridgehead atoms. The summed E-state index contributed by atoms with van der Waals surface area (Å²) in [6, 6.07) is 4.03. The average Bonchev–Trinajstić information content (AvgIpc) is 2.32. The van der Waals surface area contributed by atoms with Gasteiger partial charge >= 0.3 is 5.97 Å². The number of amides is 1. The largest absolute Gasteiger partial charge is 0.469 e. The van der Waals surface area contributed by atoms with Gasteiger partial charge in [-0.1, -0.05) is 6.07 Å². The van der Waals surface area contributed by atoms with Crippen LogP contribution in [0.25, 0.3) is 0 Å². The van der Waals surface area contributed by atoms with Crippen LogP contribution in [0.1, 0.15) is 5.56 Å². The molecule has 0 aliphatic carbocycles. The maximum Gasteiger partial charge on any atom is 0.310 e. The quantitative estimate of drug-likeness (QED) is 0.662. The van der Waals surface area contributed by atoms with Crippen LogP contribution in [0.5, 0.6) is 0 Å². The minimum atomic E-state index is -0.581. The molecule has 1 amide bonds. The van der Waals surface area contributed by atoms with Crippen LogP contribution in [0.3, 0.4) is 0 Å². The fraction of sp³-hybridized carbons (Fsp3) is 0.273. The lowest BCUT2D eigenvalue weighted by Crippen LogP contribution is -2.13. The number of methoxy groups -OCH3 is 1. The predicted molar refractivity (Wildman–Crippen MR) is 61.5 cm³/mol. The third-order valence-corrected chi connectivity index (χ3v) is 2.26. The van der Waals surface area contributed by atoms with Crippen LogP contribution in [0.4, 0.5) is 10.1 Å². The van der Waals surface area contributed by atoms with Gasteiger partial charge in [0.05, 0.1) is 13.5 Å². The first-order chi connectivity index (χ1) is 8.06. The van der Waals surface area contributed by atoms with Crippen molar-refractivity contribution in [3.05, 3.63) is 29.6 Å². The van der Waals surface area contributed by atoms with Crippen molar-refractivity contribution >= 4 is 29.2 Å². The first-order valence-electron chi connectivity index (χ1n) is 4.78. The van der Waals surface area contributed by atoms with Gasteiger partial charge in [-0.3, -0.25) is 9.59 Å². The highest BCUT2D eigenvalue weighted by Gasteiger charge is 2.09. The first-order valence-corrected chi connectivity index (χ1v) is 5.31. The van der Waals surface area contributed by atoms with Crippen molar-refractivity contribution in [2.75, 3.05) is 18.3 Å². The van der Waals surface area contributed by atoms with Crippen molar-refractivity contribution in [3.8, 4) is 0 Å². The highest BCUT2D eigenvalue weighted by Crippen LogP contribution is 2.15. The number of halogens is 2. The van der Waals surface area contributed by atoms with E-state index < -0.39 is 17.7 Å². The number of alkyl halides is 1. The van der Waals surface area contributed by atoms with Crippen molar-refractivity contribution in [2.24, 2.45) is 0 Å². The van der Waals surface area contributed by atoms with Crippen LogP contribution in [0.2, 0.25) is 0 Å². The third kappa shape index (κ3) is 4.03. The second kappa shape index (κ2) is 6.20. The van der Waals surface area contributed by atoms with Gasteiger partial charge in [-0.25, -0.2) is 4.39 Å². The lowest BCUT2D eigenvalue weighted by Gasteiger charge is -2.06. The molecule has 0 heterocycles. The van der Waals surface area contributed by atoms with Crippen molar-refractivity contribution in [1.82, 2.24) is 0 Å². The van der Waals surface area contributed by atoms with Gasteiger partial charge in [0.1, 0.15) is 11.7 Å². The number of hydrogen-bond donors (Lipinski definition) is 1. The van der Waals surface area contributed by atoms with Crippen LogP contribution < -0.4 is 5.32 Å². The smallest absolute Gasteiger partial charge is 0.310 e. The third-order valence-electron chi connectivity index (χ3n) is 2.02. The van der Waals surface area contributed by atoms with E-state index in [-0.39, 0.29) is 17.9 Å². The highest BCUT2D eigenvalue weighted by atomic mass is 35.5. The minimum Gasteiger partial charge on any atom is -0.469 e. The predicted octanol–water partition coefficient (Wildman–Crippen LogP) is 1.72. The Morgan fingerprint density at radius 2 is 2.18 bits per heavy atom. The lowest BCUT2D eigenvalue weighted by atomic mass is 10.1. The number of ether oxygens (including phenoxy) is 1. The standard InChI is InChI=1S/C11H11ClFNO3/c1-17-11(16)4-7-2-3-8(5-9(7)13)14-10(15)6-12/h2-3,5H,4,6H2,1H3,(H,14,15). The van der Waals surface area contributed by atoms with E-state index in [1.807, 2.05) is 0 Å². The number of anilines is 1. The Morgan fingerprint density at radius 3 is 2.71 bits per heavy atom. The molecular formula is C11H11ClFNO3. The first kappa shape index (κ1) is 13.4. The molecule has 17 heavy (non-hydrogen) atoms. The fourth-order valence-corrected chi connectivity index (χ4v) is 1.26. The summed E-state index contributed by atoms with van der Waals surface area (Å²) in [7, 11) is 1.23. The van der Waals surface area contributed by atoms with Gasteiger partial charge in [-0.15, -0.1) is 11.6 Å². The van der Waals surface area contributed by atoms with Gasteiger partial charge in [-0.2, -0.15) is 0 Å². The average molecular weight is 260 g/mol. The molecule has 0 atom stereocenters. The molecule has 0 spiro atoms. The zero-order chi connectivity index (χ0) is 12.8. The number of benzene rings is 1. The van der Waals surface area contributed by atoms with E-state index in [9.17, 15) is 14.0 Å². The molecule has 1 aromatic carbocycles. The summed E-state index contributed by atoms with van der Waals surface area (Å²) in [6.07, 6.45) is -0.147. The molecule has 1 N–H and O–H groups in total. The SMILES string of the molecule is COC(=O)Cc1ccc(NC(=O)CCl)cc1F. The molecule has 0 unspecified atom stereocenters. The van der Waals surface area contributed by atoms with Gasteiger partial charge in [-0.05, 0) is 17.7 Å². The molecule has 0 saturated heterocycles. The summed E-state index contributed by atoms with van der Waals surface area (Å²) in [4.78, 5) is 21.9. The molecule has 0 fully saturated rings. The Bertz CT molecular complexity index is 437. The van der Waals surface area contributed by atoms with Gasteiger partial charge in [0, 0.05) is 5.69 Å². The molecule has 1 rings (SSSR count). The van der Waals surface area contributed by atoms with E-state index in [4.69, 9.17) is 11.6 Å². The van der Waals surface area contributed by atoms with E-state index in [2.05, 4.69) is 10.1 Å². The maximum absolute atomic E-state index is 13.5. The summed E-state index contributed by atoms with van der Waals surface area (Å²) in [5, 5.41) is 2.40. The molecular weight excluding hydrogens is 249 g/mol. The Kier molecular flexibility index (Phi) is 4.90. The van der Waals surface area contributed by atoms with Gasteiger partial charge < -0.3 is 10.1 Å². The molecule has 0 aliphatic heterocycles. The van der Waals surface area contributed by atoms with E-state index >= 15 is 0 Å². The number of hydrogen-bond acceptors (Lipinski definition) is 3. The summed E-state index contributed by atoms with van der Waals surface area (Å²) >= 11 is 5.29. The number of carbonyl (C=O) groups is 2. The Hall–Kier alpha value is -1.62. The van der Waals surface area contributed by atoms with Crippen LogP contribution in [-0.2, 0) is 20.7 Å². The zero-order valence-electron chi connectivity index (χ0n) is 9.13. The second-order valence-electron chi connectivity index (χ2n) is 3.24.